The summed E-state index contributed by atoms with van der Waals surface area (Å²) in [6, 6.07) is 24.7. The summed E-state index contributed by atoms with van der Waals surface area (Å²) in [5.74, 6) is 0.878. The van der Waals surface area contributed by atoms with Gasteiger partial charge in [-0.05, 0) is 66.7 Å². The Kier molecular flexibility index (Phi) is 8.01. The van der Waals surface area contributed by atoms with Crippen molar-refractivity contribution in [2.45, 2.75) is 17.5 Å². The molecule has 0 bridgehead atoms. The Balaban J connectivity index is 1.39. The van der Waals surface area contributed by atoms with Crippen LogP contribution in [0.15, 0.2) is 121 Å². The quantitative estimate of drug-likeness (QED) is 0.109. The molecular formula is C37H31N5O6S. The molecule has 0 saturated heterocycles. The first-order valence-electron chi connectivity index (χ1n) is 15.3. The molecule has 7 rings (SSSR count). The number of benzene rings is 3. The minimum Gasteiger partial charge on any atom is -0.497 e. The van der Waals surface area contributed by atoms with E-state index >= 15 is 0 Å². The molecule has 1 aliphatic rings. The summed E-state index contributed by atoms with van der Waals surface area (Å²) in [5.41, 5.74) is 9.82. The van der Waals surface area contributed by atoms with Gasteiger partial charge in [-0.15, -0.1) is 0 Å². The van der Waals surface area contributed by atoms with Gasteiger partial charge in [0.05, 0.1) is 24.8 Å². The number of ketones is 1. The van der Waals surface area contributed by atoms with Crippen LogP contribution in [0, 0.1) is 0 Å². The van der Waals surface area contributed by atoms with Crippen molar-refractivity contribution >= 4 is 44.5 Å². The number of carbonyl (C=O) groups is 2. The third-order valence-corrected chi connectivity index (χ3v) is 10.2. The van der Waals surface area contributed by atoms with Crippen LogP contribution in [0.25, 0.3) is 27.9 Å². The van der Waals surface area contributed by atoms with Crippen molar-refractivity contribution in [3.05, 3.63) is 133 Å². The van der Waals surface area contributed by atoms with Crippen molar-refractivity contribution in [1.29, 1.82) is 0 Å². The highest BCUT2D eigenvalue weighted by Gasteiger charge is 2.33. The number of Topliss-reactive ketones (excluding diaryl/α,β-unsaturated/α-hetero) is 1. The third kappa shape index (κ3) is 5.51. The molecule has 49 heavy (non-hydrogen) atoms. The standard InChI is InChI=1S/C37H31N5O6S/c1-47-28-15-12-25(35(18-28)48-2)19-40-22-33(36(44)24-10-13-27(38)14-11-24)41-20-26(17-32(41)34(40)23-43)31-21-42(37-30(31)9-6-16-39-37)49(45,46)29-7-4-3-5-8-29/h3-18,20-23,34H,19,38H2,1-2H3. The molecule has 0 aliphatic carbocycles. The molecule has 0 radical (unpaired) electrons. The van der Waals surface area contributed by atoms with Gasteiger partial charge in [0, 0.05) is 70.7 Å². The van der Waals surface area contributed by atoms with Crippen molar-refractivity contribution in [2.75, 3.05) is 20.0 Å². The normalized spacial score (nSPS) is 14.3. The summed E-state index contributed by atoms with van der Waals surface area (Å²) in [4.78, 5) is 33.4. The van der Waals surface area contributed by atoms with Crippen LogP contribution in [-0.2, 0) is 21.4 Å². The fourth-order valence-electron chi connectivity index (χ4n) is 6.10. The van der Waals surface area contributed by atoms with E-state index in [4.69, 9.17) is 15.2 Å². The Morgan fingerprint density at radius 2 is 1.71 bits per heavy atom. The zero-order valence-corrected chi connectivity index (χ0v) is 27.4. The van der Waals surface area contributed by atoms with Gasteiger partial charge in [-0.1, -0.05) is 18.2 Å². The van der Waals surface area contributed by atoms with E-state index < -0.39 is 16.1 Å². The van der Waals surface area contributed by atoms with Gasteiger partial charge in [0.15, 0.2) is 5.65 Å². The lowest BCUT2D eigenvalue weighted by Gasteiger charge is -2.33. The summed E-state index contributed by atoms with van der Waals surface area (Å²) in [7, 11) is -0.884. The Bertz CT molecular complexity index is 2360. The largest absolute Gasteiger partial charge is 0.497 e. The number of methoxy groups -OCH3 is 2. The predicted molar refractivity (Wildman–Crippen MR) is 186 cm³/mol. The Morgan fingerprint density at radius 3 is 2.43 bits per heavy atom. The number of ether oxygens (including phenoxy) is 2. The van der Waals surface area contributed by atoms with Crippen molar-refractivity contribution < 1.29 is 27.5 Å². The van der Waals surface area contributed by atoms with Crippen molar-refractivity contribution in [3.8, 4) is 22.6 Å². The second-order valence-electron chi connectivity index (χ2n) is 11.5. The number of hydrogen-bond donors (Lipinski definition) is 1. The fourth-order valence-corrected chi connectivity index (χ4v) is 7.45. The molecule has 4 heterocycles. The Labute approximate surface area is 282 Å². The van der Waals surface area contributed by atoms with E-state index in [9.17, 15) is 18.0 Å². The van der Waals surface area contributed by atoms with E-state index in [1.54, 1.807) is 103 Å². The molecule has 0 spiro atoms. The number of nitrogens with zero attached hydrogens (tertiary/aromatic N) is 4. The molecule has 12 heteroatoms. The minimum atomic E-state index is -4.00. The van der Waals surface area contributed by atoms with E-state index in [-0.39, 0.29) is 28.6 Å². The van der Waals surface area contributed by atoms with Gasteiger partial charge in [0.2, 0.25) is 5.78 Å². The predicted octanol–water partition coefficient (Wildman–Crippen LogP) is 5.78. The SMILES string of the molecule is COc1ccc(CN2C=C(C(=O)c3ccc(N)cc3)n3cc(-c4cn(S(=O)(=O)c5ccccc5)c5ncccc45)cc3C2C=O)c(OC)c1. The van der Waals surface area contributed by atoms with Crippen LogP contribution >= 0.6 is 0 Å². The van der Waals surface area contributed by atoms with E-state index in [0.717, 1.165) is 11.8 Å². The first kappa shape index (κ1) is 31.5. The molecule has 1 atom stereocenters. The number of anilines is 1. The van der Waals surface area contributed by atoms with Gasteiger partial charge in [-0.3, -0.25) is 4.79 Å². The highest BCUT2D eigenvalue weighted by atomic mass is 32.2. The lowest BCUT2D eigenvalue weighted by Crippen LogP contribution is -2.32. The Morgan fingerprint density at radius 1 is 0.939 bits per heavy atom. The summed E-state index contributed by atoms with van der Waals surface area (Å²) < 4.78 is 41.4. The number of allylic oxidation sites excluding steroid dienone is 1. The molecule has 0 saturated carbocycles. The highest BCUT2D eigenvalue weighted by Crippen LogP contribution is 2.40. The van der Waals surface area contributed by atoms with Crippen molar-refractivity contribution in [2.24, 2.45) is 0 Å². The molecule has 1 aliphatic heterocycles. The number of pyridine rings is 1. The smallest absolute Gasteiger partial charge is 0.269 e. The van der Waals surface area contributed by atoms with Gasteiger partial charge in [0.25, 0.3) is 10.0 Å². The highest BCUT2D eigenvalue weighted by molar-refractivity contribution is 7.90. The molecule has 0 fully saturated rings. The number of aldehydes is 1. The van der Waals surface area contributed by atoms with Crippen molar-refractivity contribution in [1.82, 2.24) is 18.4 Å². The summed E-state index contributed by atoms with van der Waals surface area (Å²) in [6.07, 6.45) is 7.30. The topological polar surface area (TPSA) is 139 Å². The molecule has 3 aromatic heterocycles. The second kappa shape index (κ2) is 12.5. The van der Waals surface area contributed by atoms with Gasteiger partial charge < -0.3 is 29.5 Å². The van der Waals surface area contributed by atoms with E-state index in [0.29, 0.717) is 45.0 Å². The van der Waals surface area contributed by atoms with Gasteiger partial charge in [-0.2, -0.15) is 0 Å². The van der Waals surface area contributed by atoms with Crippen LogP contribution in [0.1, 0.15) is 27.7 Å². The van der Waals surface area contributed by atoms with Gasteiger partial charge in [0.1, 0.15) is 29.5 Å². The number of carbonyl (C=O) groups excluding carboxylic acids is 2. The molecule has 6 aromatic rings. The summed E-state index contributed by atoms with van der Waals surface area (Å²) in [6.45, 7) is 0.230. The van der Waals surface area contributed by atoms with Gasteiger partial charge in [-0.25, -0.2) is 17.4 Å². The molecule has 1 unspecified atom stereocenters. The number of aromatic nitrogens is 3. The summed E-state index contributed by atoms with van der Waals surface area (Å²) in [5, 5.41) is 0.586. The van der Waals surface area contributed by atoms with Crippen LogP contribution in [0.3, 0.4) is 0 Å². The number of nitrogen functional groups attached to an aromatic ring is 1. The number of rotatable bonds is 10. The Hall–Kier alpha value is -6.14. The van der Waals surface area contributed by atoms with Crippen LogP contribution in [0.4, 0.5) is 5.69 Å². The molecular weight excluding hydrogens is 643 g/mol. The minimum absolute atomic E-state index is 0.116. The monoisotopic (exact) mass is 673 g/mol. The molecule has 11 nitrogen and oxygen atoms in total. The number of hydrogen-bond acceptors (Lipinski definition) is 9. The fraction of sp³-hybridized carbons (Fsp3) is 0.108. The average Bonchev–Trinajstić information content (AvgIpc) is 3.75. The van der Waals surface area contributed by atoms with E-state index in [1.165, 1.54) is 28.5 Å². The van der Waals surface area contributed by atoms with Crippen LogP contribution < -0.4 is 15.2 Å². The maximum atomic E-state index is 14.1. The van der Waals surface area contributed by atoms with Crippen LogP contribution in [0.2, 0.25) is 0 Å². The molecule has 3 aromatic carbocycles. The molecule has 246 valence electrons. The number of nitrogens with two attached hydrogens (primary N) is 1. The average molecular weight is 674 g/mol. The maximum absolute atomic E-state index is 14.1. The third-order valence-electron chi connectivity index (χ3n) is 8.58. The van der Waals surface area contributed by atoms with E-state index in [2.05, 4.69) is 4.98 Å². The summed E-state index contributed by atoms with van der Waals surface area (Å²) >= 11 is 0. The zero-order valence-electron chi connectivity index (χ0n) is 26.6. The first-order chi connectivity index (χ1) is 23.7. The van der Waals surface area contributed by atoms with Crippen molar-refractivity contribution in [3.63, 3.8) is 0 Å². The lowest BCUT2D eigenvalue weighted by atomic mass is 10.0. The number of fused-ring (bicyclic) bond motifs is 2. The maximum Gasteiger partial charge on any atom is 0.269 e. The second-order valence-corrected chi connectivity index (χ2v) is 13.3. The molecule has 0 amide bonds. The van der Waals surface area contributed by atoms with Crippen LogP contribution in [-0.4, -0.2) is 53.1 Å². The lowest BCUT2D eigenvalue weighted by molar-refractivity contribution is -0.112. The van der Waals surface area contributed by atoms with Gasteiger partial charge >= 0.3 is 0 Å². The van der Waals surface area contributed by atoms with E-state index in [1.807, 2.05) is 12.1 Å². The molecule has 2 N–H and O–H groups in total. The zero-order chi connectivity index (χ0) is 34.3. The van der Waals surface area contributed by atoms with Crippen LogP contribution in [0.5, 0.6) is 11.5 Å². The first-order valence-corrected chi connectivity index (χ1v) is 16.7.